The third kappa shape index (κ3) is 6.89. The van der Waals surface area contributed by atoms with Crippen LogP contribution >= 0.6 is 0 Å². The molecule has 2 heteroatoms. The smallest absolute Gasteiger partial charge is 0.189 e. The topological polar surface area (TPSA) is 21.3 Å². The van der Waals surface area contributed by atoms with Gasteiger partial charge in [0.15, 0.2) is 5.88 Å². The van der Waals surface area contributed by atoms with Crippen LogP contribution in [0.5, 0.6) is 0 Å². The average Bonchev–Trinajstić information content (AvgIpc) is 2.96. The van der Waals surface area contributed by atoms with Gasteiger partial charge >= 0.3 is 0 Å². The van der Waals surface area contributed by atoms with Gasteiger partial charge in [-0.05, 0) is 19.4 Å². The van der Waals surface area contributed by atoms with Gasteiger partial charge in [0.1, 0.15) is 6.26 Å². The van der Waals surface area contributed by atoms with Gasteiger partial charge in [-0.25, -0.2) is 0 Å². The van der Waals surface area contributed by atoms with Crippen molar-refractivity contribution in [1.29, 1.82) is 0 Å². The Morgan fingerprint density at radius 1 is 0.955 bits per heavy atom. The second-order valence-corrected chi connectivity index (χ2v) is 7.04. The van der Waals surface area contributed by atoms with Crippen molar-refractivity contribution < 1.29 is 4.74 Å². The van der Waals surface area contributed by atoms with E-state index in [1.54, 1.807) is 0 Å². The molecule has 1 aliphatic rings. The van der Waals surface area contributed by atoms with Crippen molar-refractivity contribution in [2.24, 2.45) is 5.41 Å². The summed E-state index contributed by atoms with van der Waals surface area (Å²) in [5.74, 6) is 0.665. The normalized spacial score (nSPS) is 16.9. The van der Waals surface area contributed by atoms with Crippen LogP contribution in [0.15, 0.2) is 24.4 Å². The highest BCUT2D eigenvalue weighted by Gasteiger charge is 2.30. The van der Waals surface area contributed by atoms with Crippen molar-refractivity contribution in [2.75, 3.05) is 0 Å². The van der Waals surface area contributed by atoms with E-state index in [0.29, 0.717) is 5.88 Å². The van der Waals surface area contributed by atoms with Crippen LogP contribution in [0.25, 0.3) is 0 Å². The molecule has 2 nitrogen and oxygen atoms in total. The van der Waals surface area contributed by atoms with Gasteiger partial charge in [0.25, 0.3) is 0 Å². The van der Waals surface area contributed by atoms with Gasteiger partial charge in [0.2, 0.25) is 0 Å². The van der Waals surface area contributed by atoms with Gasteiger partial charge in [-0.1, -0.05) is 85.0 Å². The third-order valence-corrected chi connectivity index (χ3v) is 5.11. The summed E-state index contributed by atoms with van der Waals surface area (Å²) in [6.07, 6.45) is 18.2. The lowest BCUT2D eigenvalue weighted by Gasteiger charge is -2.29. The largest absolute Gasteiger partial charge is 0.448 e. The number of rotatable bonds is 13. The van der Waals surface area contributed by atoms with E-state index >= 15 is 0 Å². The zero-order valence-electron chi connectivity index (χ0n) is 15.2. The van der Waals surface area contributed by atoms with E-state index in [0.717, 1.165) is 6.42 Å². The molecular formula is C20H37NO. The fourth-order valence-electron chi connectivity index (χ4n) is 3.14. The first-order valence-corrected chi connectivity index (χ1v) is 9.45. The Kier molecular flexibility index (Phi) is 9.34. The number of unbranched alkanes of at least 4 members (excludes halogenated alkanes) is 9. The molecule has 0 aromatic rings. The second-order valence-electron chi connectivity index (χ2n) is 7.04. The maximum atomic E-state index is 5.35. The molecule has 1 N–H and O–H groups in total. The van der Waals surface area contributed by atoms with E-state index in [9.17, 15) is 0 Å². The maximum Gasteiger partial charge on any atom is 0.189 e. The Balaban J connectivity index is 2.06. The van der Waals surface area contributed by atoms with Crippen molar-refractivity contribution in [1.82, 2.24) is 5.32 Å². The fourth-order valence-corrected chi connectivity index (χ4v) is 3.14. The molecule has 22 heavy (non-hydrogen) atoms. The molecule has 0 bridgehead atoms. The van der Waals surface area contributed by atoms with Crippen LogP contribution in [0.3, 0.4) is 0 Å². The number of nitrogens with one attached hydrogen (secondary N) is 1. The highest BCUT2D eigenvalue weighted by atomic mass is 16.5. The lowest BCUT2D eigenvalue weighted by atomic mass is 9.79. The highest BCUT2D eigenvalue weighted by Crippen LogP contribution is 2.37. The molecule has 0 fully saturated rings. The molecule has 1 heterocycles. The fraction of sp³-hybridized carbons (Fsp3) is 0.800. The van der Waals surface area contributed by atoms with Gasteiger partial charge in [-0.3, -0.25) is 0 Å². The molecule has 1 rings (SSSR count). The Hall–Kier alpha value is -0.920. The summed E-state index contributed by atoms with van der Waals surface area (Å²) in [4.78, 5) is 0. The van der Waals surface area contributed by atoms with Crippen LogP contribution < -0.4 is 5.32 Å². The summed E-state index contributed by atoms with van der Waals surface area (Å²) >= 11 is 0. The van der Waals surface area contributed by atoms with E-state index < -0.39 is 0 Å². The molecule has 128 valence electrons. The molecule has 0 saturated heterocycles. The third-order valence-electron chi connectivity index (χ3n) is 5.11. The molecule has 0 aromatic carbocycles. The number of hydrogen-bond acceptors (Lipinski definition) is 2. The molecule has 0 aliphatic carbocycles. The Labute approximate surface area is 138 Å². The molecule has 1 unspecified atom stereocenters. The van der Waals surface area contributed by atoms with E-state index in [4.69, 9.17) is 4.74 Å². The zero-order chi connectivity index (χ0) is 16.3. The van der Waals surface area contributed by atoms with Crippen molar-refractivity contribution >= 4 is 0 Å². The maximum absolute atomic E-state index is 5.35. The first-order chi connectivity index (χ1) is 10.6. The van der Waals surface area contributed by atoms with Crippen molar-refractivity contribution in [3.05, 3.63) is 24.4 Å². The van der Waals surface area contributed by atoms with Crippen molar-refractivity contribution in [3.8, 4) is 0 Å². The van der Waals surface area contributed by atoms with Gasteiger partial charge in [-0.15, -0.1) is 0 Å². The van der Waals surface area contributed by atoms with Crippen LogP contribution in [0.1, 0.15) is 97.8 Å². The summed E-state index contributed by atoms with van der Waals surface area (Å²) in [5.41, 5.74) is 1.41. The van der Waals surface area contributed by atoms with Crippen LogP contribution in [0.2, 0.25) is 0 Å². The molecule has 0 spiro atoms. The first kappa shape index (κ1) is 19.1. The lowest BCUT2D eigenvalue weighted by molar-refractivity contribution is 0.322. The molecule has 1 aliphatic heterocycles. The lowest BCUT2D eigenvalue weighted by Crippen LogP contribution is -2.25. The molecule has 0 saturated carbocycles. The summed E-state index contributed by atoms with van der Waals surface area (Å²) in [6.45, 7) is 10.7. The summed E-state index contributed by atoms with van der Waals surface area (Å²) in [6, 6.07) is 0. The minimum Gasteiger partial charge on any atom is -0.448 e. The van der Waals surface area contributed by atoms with E-state index in [1.165, 1.54) is 76.3 Å². The molecule has 0 radical (unpaired) electrons. The SMILES string of the molecule is C=C1NC(C(C)(CC)CCCCCCCCCCCC)=CO1. The number of hydrogen-bond donors (Lipinski definition) is 1. The minimum absolute atomic E-state index is 0.208. The average molecular weight is 308 g/mol. The predicted octanol–water partition coefficient (Wildman–Crippen LogP) is 6.65. The van der Waals surface area contributed by atoms with E-state index in [1.807, 2.05) is 6.26 Å². The molecular weight excluding hydrogens is 270 g/mol. The Morgan fingerprint density at radius 2 is 1.50 bits per heavy atom. The van der Waals surface area contributed by atoms with E-state index in [2.05, 4.69) is 32.7 Å². The molecule has 0 aromatic heterocycles. The number of ether oxygens (including phenoxy) is 1. The monoisotopic (exact) mass is 307 g/mol. The van der Waals surface area contributed by atoms with E-state index in [-0.39, 0.29) is 5.41 Å². The summed E-state index contributed by atoms with van der Waals surface area (Å²) in [5, 5.41) is 3.28. The van der Waals surface area contributed by atoms with Gasteiger partial charge < -0.3 is 10.1 Å². The first-order valence-electron chi connectivity index (χ1n) is 9.45. The van der Waals surface area contributed by atoms with Gasteiger partial charge in [0, 0.05) is 5.41 Å². The summed E-state index contributed by atoms with van der Waals surface area (Å²) in [7, 11) is 0. The van der Waals surface area contributed by atoms with Crippen LogP contribution in [0, 0.1) is 5.41 Å². The van der Waals surface area contributed by atoms with Crippen molar-refractivity contribution in [3.63, 3.8) is 0 Å². The predicted molar refractivity (Wildman–Crippen MR) is 96.3 cm³/mol. The minimum atomic E-state index is 0.208. The molecule has 1 atom stereocenters. The Morgan fingerprint density at radius 3 is 1.95 bits per heavy atom. The highest BCUT2D eigenvalue weighted by molar-refractivity contribution is 5.17. The quantitative estimate of drug-likeness (QED) is 0.385. The standard InChI is InChI=1S/C20H37NO/c1-5-7-8-9-10-11-12-13-14-15-16-20(4,6-2)19-17-22-18(3)21-19/h17,21H,3,5-16H2,1-2,4H3. The summed E-state index contributed by atoms with van der Waals surface area (Å²) < 4.78 is 5.35. The number of allylic oxidation sites excluding steroid dienone is 1. The zero-order valence-corrected chi connectivity index (χ0v) is 15.2. The van der Waals surface area contributed by atoms with Crippen LogP contribution in [-0.4, -0.2) is 0 Å². The van der Waals surface area contributed by atoms with Crippen LogP contribution in [0.4, 0.5) is 0 Å². The van der Waals surface area contributed by atoms with Crippen molar-refractivity contribution in [2.45, 2.75) is 97.8 Å². The second kappa shape index (κ2) is 10.7. The van der Waals surface area contributed by atoms with Crippen LogP contribution in [-0.2, 0) is 4.74 Å². The van der Waals surface area contributed by atoms with Gasteiger partial charge in [-0.2, -0.15) is 0 Å². The van der Waals surface area contributed by atoms with Gasteiger partial charge in [0.05, 0.1) is 5.70 Å². The Bertz CT molecular complexity index is 348. The molecule has 0 amide bonds.